The van der Waals surface area contributed by atoms with Crippen LogP contribution in [0.2, 0.25) is 0 Å². The van der Waals surface area contributed by atoms with Crippen molar-refractivity contribution in [3.63, 3.8) is 0 Å². The SMILES string of the molecule is Nc1ncnc2c1ncn2[C@H]1C[C@H](OP(=O)(O)OC[C@@H]2C[C@@H](O)CN2)[C@@H](CO[P+](=O)O)O1. The minimum absolute atomic E-state index is 0.0694. The molecule has 0 aliphatic carbocycles. The molecule has 32 heavy (non-hydrogen) atoms. The average Bonchev–Trinajstić information content (AvgIpc) is 3.43. The topological polar surface area (TPSA) is 213 Å². The van der Waals surface area contributed by atoms with Crippen molar-refractivity contribution < 1.29 is 42.3 Å². The van der Waals surface area contributed by atoms with Gasteiger partial charge in [-0.1, -0.05) is 0 Å². The minimum Gasteiger partial charge on any atom is -0.392 e. The van der Waals surface area contributed by atoms with Crippen LogP contribution in [-0.2, 0) is 27.4 Å². The normalized spacial score (nSPS) is 30.6. The van der Waals surface area contributed by atoms with Crippen molar-refractivity contribution in [3.05, 3.63) is 12.7 Å². The first-order chi connectivity index (χ1) is 15.2. The van der Waals surface area contributed by atoms with E-state index in [1.807, 2.05) is 0 Å². The molecule has 2 aliphatic rings. The van der Waals surface area contributed by atoms with Crippen LogP contribution >= 0.6 is 16.1 Å². The van der Waals surface area contributed by atoms with Crippen molar-refractivity contribution >= 4 is 33.1 Å². The number of ether oxygens (including phenoxy) is 1. The van der Waals surface area contributed by atoms with E-state index in [1.165, 1.54) is 12.7 Å². The van der Waals surface area contributed by atoms with Gasteiger partial charge in [-0.3, -0.25) is 13.6 Å². The number of phosphoric ester groups is 1. The van der Waals surface area contributed by atoms with Crippen molar-refractivity contribution in [1.82, 2.24) is 24.8 Å². The van der Waals surface area contributed by atoms with Crippen LogP contribution in [0, 0.1) is 0 Å². The van der Waals surface area contributed by atoms with Crippen molar-refractivity contribution in [1.29, 1.82) is 0 Å². The van der Waals surface area contributed by atoms with Gasteiger partial charge < -0.3 is 25.8 Å². The van der Waals surface area contributed by atoms with Gasteiger partial charge in [0, 0.05) is 23.6 Å². The molecule has 2 aromatic heterocycles. The molecule has 2 fully saturated rings. The Balaban J connectivity index is 1.46. The molecule has 17 heteroatoms. The molecular formula is C15H23N6O9P2+. The molecule has 6 N–H and O–H groups in total. The van der Waals surface area contributed by atoms with Gasteiger partial charge in [0.15, 0.2) is 11.5 Å². The predicted molar refractivity (Wildman–Crippen MR) is 107 cm³/mol. The van der Waals surface area contributed by atoms with Crippen molar-refractivity contribution in [2.75, 3.05) is 25.5 Å². The Kier molecular flexibility index (Phi) is 7.12. The molecule has 2 unspecified atom stereocenters. The number of aliphatic hydroxyl groups is 1. The quantitative estimate of drug-likeness (QED) is 0.281. The fraction of sp³-hybridized carbons (Fsp3) is 0.667. The van der Waals surface area contributed by atoms with E-state index in [-0.39, 0.29) is 31.5 Å². The highest BCUT2D eigenvalue weighted by Gasteiger charge is 2.44. The number of rotatable bonds is 9. The molecule has 15 nitrogen and oxygen atoms in total. The van der Waals surface area contributed by atoms with Crippen molar-refractivity contribution in [2.24, 2.45) is 0 Å². The van der Waals surface area contributed by atoms with E-state index >= 15 is 0 Å². The Labute approximate surface area is 182 Å². The number of imidazole rings is 1. The first-order valence-electron chi connectivity index (χ1n) is 9.66. The summed E-state index contributed by atoms with van der Waals surface area (Å²) in [6.07, 6.45) is -0.109. The smallest absolute Gasteiger partial charge is 0.392 e. The highest BCUT2D eigenvalue weighted by atomic mass is 31.2. The van der Waals surface area contributed by atoms with Crippen LogP contribution in [0.5, 0.6) is 0 Å². The number of hydrogen-bond acceptors (Lipinski definition) is 12. The number of nitrogens with one attached hydrogen (secondary N) is 1. The molecule has 4 rings (SSSR count). The Hall–Kier alpha value is -1.64. The molecule has 7 atom stereocenters. The number of fused-ring (bicyclic) bond motifs is 1. The third kappa shape index (κ3) is 5.46. The lowest BCUT2D eigenvalue weighted by Gasteiger charge is -2.20. The highest BCUT2D eigenvalue weighted by Crippen LogP contribution is 2.49. The van der Waals surface area contributed by atoms with Gasteiger partial charge in [0.1, 0.15) is 36.9 Å². The van der Waals surface area contributed by atoms with Gasteiger partial charge in [0.25, 0.3) is 0 Å². The lowest BCUT2D eigenvalue weighted by atomic mass is 10.2. The van der Waals surface area contributed by atoms with Gasteiger partial charge in [0.05, 0.1) is 19.0 Å². The van der Waals surface area contributed by atoms with E-state index in [1.54, 1.807) is 4.57 Å². The molecular weight excluding hydrogens is 470 g/mol. The maximum absolute atomic E-state index is 12.5. The number of phosphoric acid groups is 1. The van der Waals surface area contributed by atoms with Crippen LogP contribution in [0.15, 0.2) is 12.7 Å². The van der Waals surface area contributed by atoms with Gasteiger partial charge in [0.2, 0.25) is 0 Å². The maximum atomic E-state index is 12.5. The van der Waals surface area contributed by atoms with Crippen LogP contribution in [0.1, 0.15) is 19.1 Å². The zero-order valence-electron chi connectivity index (χ0n) is 16.6. The van der Waals surface area contributed by atoms with E-state index < -0.39 is 40.6 Å². The summed E-state index contributed by atoms with van der Waals surface area (Å²) in [6, 6.07) is -0.290. The third-order valence-electron chi connectivity index (χ3n) is 5.13. The van der Waals surface area contributed by atoms with E-state index in [9.17, 15) is 19.1 Å². The summed E-state index contributed by atoms with van der Waals surface area (Å²) in [7, 11) is -7.44. The Bertz CT molecular complexity index is 1020. The summed E-state index contributed by atoms with van der Waals surface area (Å²) in [4.78, 5) is 31.3. The summed E-state index contributed by atoms with van der Waals surface area (Å²) in [5, 5.41) is 12.5. The van der Waals surface area contributed by atoms with E-state index in [4.69, 9.17) is 28.9 Å². The summed E-state index contributed by atoms with van der Waals surface area (Å²) >= 11 is 0. The predicted octanol–water partition coefficient (Wildman–Crippen LogP) is -0.413. The number of hydrogen-bond donors (Lipinski definition) is 5. The fourth-order valence-electron chi connectivity index (χ4n) is 3.66. The van der Waals surface area contributed by atoms with E-state index in [0.29, 0.717) is 24.1 Å². The average molecular weight is 493 g/mol. The second kappa shape index (κ2) is 9.69. The van der Waals surface area contributed by atoms with E-state index in [2.05, 4.69) is 20.3 Å². The molecule has 0 aromatic carbocycles. The van der Waals surface area contributed by atoms with Gasteiger partial charge in [-0.25, -0.2) is 19.5 Å². The van der Waals surface area contributed by atoms with Gasteiger partial charge in [-0.15, -0.1) is 9.42 Å². The molecule has 0 spiro atoms. The number of nitrogens with zero attached hydrogens (tertiary/aromatic N) is 4. The lowest BCUT2D eigenvalue weighted by Crippen LogP contribution is -2.29. The summed E-state index contributed by atoms with van der Waals surface area (Å²) < 4.78 is 46.0. The number of anilines is 1. The molecule has 2 saturated heterocycles. The molecule has 4 heterocycles. The monoisotopic (exact) mass is 493 g/mol. The number of aromatic nitrogens is 4. The van der Waals surface area contributed by atoms with Crippen LogP contribution in [0.25, 0.3) is 11.2 Å². The second-order valence-corrected chi connectivity index (χ2v) is 9.52. The summed E-state index contributed by atoms with van der Waals surface area (Å²) in [6.45, 7) is -0.144. The van der Waals surface area contributed by atoms with Crippen LogP contribution < -0.4 is 11.1 Å². The largest absolute Gasteiger partial charge is 0.694 e. The third-order valence-corrected chi connectivity index (χ3v) is 6.52. The summed E-state index contributed by atoms with van der Waals surface area (Å²) in [5.41, 5.74) is 6.54. The number of nitrogen functional groups attached to an aromatic ring is 1. The Morgan fingerprint density at radius 3 is 2.88 bits per heavy atom. The highest BCUT2D eigenvalue weighted by molar-refractivity contribution is 7.47. The molecule has 176 valence electrons. The Morgan fingerprint density at radius 1 is 1.34 bits per heavy atom. The maximum Gasteiger partial charge on any atom is 0.694 e. The van der Waals surface area contributed by atoms with Crippen molar-refractivity contribution in [2.45, 2.75) is 43.4 Å². The number of β-amino-alcohol motifs (C(OH)–C–C–N with tert-alkyl or cyclic N) is 1. The molecule has 0 amide bonds. The Morgan fingerprint density at radius 2 is 2.16 bits per heavy atom. The molecule has 0 bridgehead atoms. The zero-order chi connectivity index (χ0) is 22.9. The fourth-order valence-corrected chi connectivity index (χ4v) is 4.93. The molecule has 2 aliphatic heterocycles. The second-order valence-electron chi connectivity index (χ2n) is 7.38. The standard InChI is InChI=1S/C15H22N6O9P2/c16-14-13-15(19-6-18-14)21(7-20-13)12-2-10(11(29-12)5-27-31(23)24)30-32(25,26)28-4-8-1-9(22)3-17-8/h6-12,17,22H,1-5H2,(H3-,16,18,19,23,24,25,26)/p+1/t8-,9+,10-,11+,12+/m0/s1. The minimum atomic E-state index is -4.52. The van der Waals surface area contributed by atoms with Gasteiger partial charge in [-0.05, 0) is 6.42 Å². The van der Waals surface area contributed by atoms with Gasteiger partial charge >= 0.3 is 16.1 Å². The van der Waals surface area contributed by atoms with Crippen LogP contribution in [0.3, 0.4) is 0 Å². The zero-order valence-corrected chi connectivity index (χ0v) is 18.4. The number of aliphatic hydroxyl groups excluding tert-OH is 1. The first-order valence-corrected chi connectivity index (χ1v) is 12.3. The van der Waals surface area contributed by atoms with Crippen LogP contribution in [-0.4, -0.2) is 78.5 Å². The summed E-state index contributed by atoms with van der Waals surface area (Å²) in [5.74, 6) is 0.176. The molecule has 0 saturated carbocycles. The van der Waals surface area contributed by atoms with Crippen molar-refractivity contribution in [3.8, 4) is 0 Å². The van der Waals surface area contributed by atoms with E-state index in [0.717, 1.165) is 0 Å². The first kappa shape index (κ1) is 23.5. The molecule has 0 radical (unpaired) electrons. The van der Waals surface area contributed by atoms with Gasteiger partial charge in [-0.2, -0.15) is 0 Å². The molecule has 2 aromatic rings. The number of nitrogens with two attached hydrogens (primary N) is 1. The van der Waals surface area contributed by atoms with Crippen LogP contribution in [0.4, 0.5) is 5.82 Å². The lowest BCUT2D eigenvalue weighted by molar-refractivity contribution is -0.0393.